The van der Waals surface area contributed by atoms with E-state index in [-0.39, 0.29) is 6.61 Å². The zero-order valence-corrected chi connectivity index (χ0v) is 6.25. The summed E-state index contributed by atoms with van der Waals surface area (Å²) < 4.78 is 0. The van der Waals surface area contributed by atoms with Crippen LogP contribution in [0.15, 0.2) is 0 Å². The Balaban J connectivity index is 3.30. The van der Waals surface area contributed by atoms with E-state index in [9.17, 15) is 9.59 Å². The largest absolute Gasteiger partial charge is 0.471 e. The summed E-state index contributed by atoms with van der Waals surface area (Å²) in [5, 5.41) is 0. The molecule has 1 amide bonds. The SMILES string of the molecule is CCOOC(=O)NOC(C)=O. The molecule has 0 rings (SSSR count). The first-order chi connectivity index (χ1) is 5.16. The van der Waals surface area contributed by atoms with Crippen LogP contribution in [0, 0.1) is 0 Å². The minimum atomic E-state index is -0.970. The normalized spacial score (nSPS) is 8.55. The van der Waals surface area contributed by atoms with Gasteiger partial charge in [-0.05, 0) is 6.92 Å². The molecule has 0 heterocycles. The number of rotatable bonds is 2. The lowest BCUT2D eigenvalue weighted by Gasteiger charge is -2.01. The molecule has 0 radical (unpaired) electrons. The summed E-state index contributed by atoms with van der Waals surface area (Å²) >= 11 is 0. The lowest BCUT2D eigenvalue weighted by atomic mass is 10.8. The van der Waals surface area contributed by atoms with Crippen LogP contribution >= 0.6 is 0 Å². The Hall–Kier alpha value is -1.30. The Morgan fingerprint density at radius 1 is 1.45 bits per heavy atom. The molecule has 6 nitrogen and oxygen atoms in total. The number of hydrogen-bond acceptors (Lipinski definition) is 5. The molecule has 11 heavy (non-hydrogen) atoms. The second kappa shape index (κ2) is 5.48. The smallest absolute Gasteiger partial charge is 0.338 e. The first kappa shape index (κ1) is 9.70. The molecule has 0 saturated carbocycles. The van der Waals surface area contributed by atoms with Crippen molar-refractivity contribution in [1.82, 2.24) is 5.48 Å². The first-order valence-electron chi connectivity index (χ1n) is 2.93. The van der Waals surface area contributed by atoms with Crippen LogP contribution in [0.3, 0.4) is 0 Å². The Morgan fingerprint density at radius 2 is 2.09 bits per heavy atom. The molecule has 0 aliphatic carbocycles. The molecule has 0 aliphatic heterocycles. The van der Waals surface area contributed by atoms with Crippen molar-refractivity contribution in [3.8, 4) is 0 Å². The lowest BCUT2D eigenvalue weighted by molar-refractivity contribution is -0.240. The molecule has 0 aromatic heterocycles. The summed E-state index contributed by atoms with van der Waals surface area (Å²) in [6.07, 6.45) is -0.970. The fourth-order valence-corrected chi connectivity index (χ4v) is 0.243. The van der Waals surface area contributed by atoms with E-state index >= 15 is 0 Å². The standard InChI is InChI=1S/C5H9NO5/c1-3-9-11-5(8)6-10-4(2)7/h3H2,1-2H3,(H,6,8). The molecule has 64 valence electrons. The Morgan fingerprint density at radius 3 is 2.55 bits per heavy atom. The molecule has 0 spiro atoms. The summed E-state index contributed by atoms with van der Waals surface area (Å²) in [6.45, 7) is 3.01. The molecule has 1 N–H and O–H groups in total. The monoisotopic (exact) mass is 163 g/mol. The molecule has 0 aromatic rings. The maximum Gasteiger partial charge on any atom is 0.471 e. The maximum atomic E-state index is 10.4. The third-order valence-corrected chi connectivity index (χ3v) is 0.531. The third kappa shape index (κ3) is 6.59. The Kier molecular flexibility index (Phi) is 4.83. The van der Waals surface area contributed by atoms with Gasteiger partial charge in [0.25, 0.3) is 0 Å². The van der Waals surface area contributed by atoms with Gasteiger partial charge >= 0.3 is 12.1 Å². The van der Waals surface area contributed by atoms with Gasteiger partial charge in [0.05, 0.1) is 6.61 Å². The van der Waals surface area contributed by atoms with Gasteiger partial charge in [-0.2, -0.15) is 4.89 Å². The van der Waals surface area contributed by atoms with Gasteiger partial charge in [-0.15, -0.1) is 5.48 Å². The van der Waals surface area contributed by atoms with Crippen molar-refractivity contribution in [2.45, 2.75) is 13.8 Å². The van der Waals surface area contributed by atoms with Crippen LogP contribution in [0.25, 0.3) is 0 Å². The number of amides is 1. The zero-order valence-electron chi connectivity index (χ0n) is 6.25. The summed E-state index contributed by atoms with van der Waals surface area (Å²) in [7, 11) is 0. The second-order valence-electron chi connectivity index (χ2n) is 1.47. The molecule has 0 atom stereocenters. The summed E-state index contributed by atoms with van der Waals surface area (Å²) in [5.74, 6) is -0.640. The summed E-state index contributed by atoms with van der Waals surface area (Å²) in [5.41, 5.74) is 1.68. The molecule has 0 unspecified atom stereocenters. The number of nitrogens with one attached hydrogen (secondary N) is 1. The highest BCUT2D eigenvalue weighted by Crippen LogP contribution is 1.79. The minimum Gasteiger partial charge on any atom is -0.338 e. The van der Waals surface area contributed by atoms with Crippen molar-refractivity contribution >= 4 is 12.1 Å². The van der Waals surface area contributed by atoms with Crippen LogP contribution in [-0.4, -0.2) is 18.7 Å². The van der Waals surface area contributed by atoms with Crippen molar-refractivity contribution in [2.24, 2.45) is 0 Å². The van der Waals surface area contributed by atoms with E-state index in [1.54, 1.807) is 12.4 Å². The van der Waals surface area contributed by atoms with Gasteiger partial charge in [0.15, 0.2) is 0 Å². The predicted molar refractivity (Wildman–Crippen MR) is 33.0 cm³/mol. The lowest BCUT2D eigenvalue weighted by Crippen LogP contribution is -2.26. The Bertz CT molecular complexity index is 146. The van der Waals surface area contributed by atoms with Gasteiger partial charge in [0.2, 0.25) is 0 Å². The van der Waals surface area contributed by atoms with E-state index in [4.69, 9.17) is 0 Å². The molecular weight excluding hydrogens is 154 g/mol. The average Bonchev–Trinajstić information content (AvgIpc) is 1.97. The number of hydroxylamine groups is 1. The van der Waals surface area contributed by atoms with Crippen molar-refractivity contribution < 1.29 is 24.2 Å². The van der Waals surface area contributed by atoms with Crippen LogP contribution in [0.4, 0.5) is 4.79 Å². The van der Waals surface area contributed by atoms with Crippen LogP contribution in [0.1, 0.15) is 13.8 Å². The van der Waals surface area contributed by atoms with Gasteiger partial charge in [-0.3, -0.25) is 9.68 Å². The van der Waals surface area contributed by atoms with E-state index in [0.29, 0.717) is 0 Å². The molecular formula is C5H9NO5. The molecule has 0 aliphatic rings. The minimum absolute atomic E-state index is 0.230. The van der Waals surface area contributed by atoms with Gasteiger partial charge in [-0.25, -0.2) is 4.79 Å². The molecule has 0 saturated heterocycles. The van der Waals surface area contributed by atoms with Crippen molar-refractivity contribution in [3.63, 3.8) is 0 Å². The van der Waals surface area contributed by atoms with Gasteiger partial charge < -0.3 is 4.84 Å². The molecule has 0 fully saturated rings. The van der Waals surface area contributed by atoms with E-state index in [2.05, 4.69) is 14.6 Å². The first-order valence-corrected chi connectivity index (χ1v) is 2.93. The molecule has 0 aromatic carbocycles. The van der Waals surface area contributed by atoms with Crippen molar-refractivity contribution in [2.75, 3.05) is 6.61 Å². The van der Waals surface area contributed by atoms with E-state index in [0.717, 1.165) is 6.92 Å². The van der Waals surface area contributed by atoms with Gasteiger partial charge in [-0.1, -0.05) is 0 Å². The van der Waals surface area contributed by atoms with E-state index < -0.39 is 12.1 Å². The predicted octanol–water partition coefficient (Wildman–Crippen LogP) is 0.142. The highest BCUT2D eigenvalue weighted by molar-refractivity contribution is 5.70. The zero-order chi connectivity index (χ0) is 8.69. The fourth-order valence-electron chi connectivity index (χ4n) is 0.243. The van der Waals surface area contributed by atoms with Crippen molar-refractivity contribution in [1.29, 1.82) is 0 Å². The average molecular weight is 163 g/mol. The fraction of sp³-hybridized carbons (Fsp3) is 0.600. The third-order valence-electron chi connectivity index (χ3n) is 0.531. The van der Waals surface area contributed by atoms with Crippen LogP contribution in [0.5, 0.6) is 0 Å². The van der Waals surface area contributed by atoms with E-state index in [1.165, 1.54) is 0 Å². The number of carbonyl (C=O) groups excluding carboxylic acids is 2. The topological polar surface area (TPSA) is 73.9 Å². The van der Waals surface area contributed by atoms with Crippen molar-refractivity contribution in [3.05, 3.63) is 0 Å². The highest BCUT2D eigenvalue weighted by atomic mass is 17.2. The second-order valence-corrected chi connectivity index (χ2v) is 1.47. The highest BCUT2D eigenvalue weighted by Gasteiger charge is 2.02. The van der Waals surface area contributed by atoms with Crippen LogP contribution in [0.2, 0.25) is 0 Å². The quantitative estimate of drug-likeness (QED) is 0.463. The number of hydrogen-bond donors (Lipinski definition) is 1. The molecule has 6 heteroatoms. The molecule has 0 bridgehead atoms. The summed E-state index contributed by atoms with van der Waals surface area (Å²) in [6, 6.07) is 0. The number of carbonyl (C=O) groups is 2. The van der Waals surface area contributed by atoms with Crippen LogP contribution < -0.4 is 5.48 Å². The van der Waals surface area contributed by atoms with Gasteiger partial charge in [0, 0.05) is 6.92 Å². The Labute approximate surface area is 63.3 Å². The van der Waals surface area contributed by atoms with Gasteiger partial charge in [0.1, 0.15) is 0 Å². The summed E-state index contributed by atoms with van der Waals surface area (Å²) in [4.78, 5) is 32.8. The van der Waals surface area contributed by atoms with Crippen LogP contribution in [-0.2, 0) is 19.4 Å². The maximum absolute atomic E-state index is 10.4. The van der Waals surface area contributed by atoms with E-state index in [1.807, 2.05) is 0 Å².